The molecule has 2 heterocycles. The van der Waals surface area contributed by atoms with Crippen LogP contribution in [0.2, 0.25) is 5.02 Å². The Kier molecular flexibility index (Phi) is 6.59. The molecule has 1 aliphatic rings. The average molecular weight is 517 g/mol. The van der Waals surface area contributed by atoms with Crippen LogP contribution >= 0.6 is 22.9 Å². The Labute approximate surface area is 216 Å². The number of methoxy groups -OCH3 is 1. The minimum Gasteiger partial charge on any atom is -0.466 e. The topological polar surface area (TPSA) is 69.9 Å². The van der Waals surface area contributed by atoms with E-state index in [4.69, 9.17) is 21.1 Å². The van der Waals surface area contributed by atoms with Gasteiger partial charge in [0, 0.05) is 5.02 Å². The van der Waals surface area contributed by atoms with Gasteiger partial charge in [-0.15, -0.1) is 0 Å². The second-order valence-corrected chi connectivity index (χ2v) is 9.56. The van der Waals surface area contributed by atoms with Crippen molar-refractivity contribution in [2.45, 2.75) is 13.0 Å². The molecule has 0 fully saturated rings. The van der Waals surface area contributed by atoms with E-state index in [-0.39, 0.29) is 5.56 Å². The van der Waals surface area contributed by atoms with Gasteiger partial charge in [0.05, 0.1) is 29.0 Å². The maximum Gasteiger partial charge on any atom is 0.338 e. The highest BCUT2D eigenvalue weighted by Crippen LogP contribution is 2.31. The molecule has 1 aliphatic heterocycles. The van der Waals surface area contributed by atoms with Crippen molar-refractivity contribution in [3.8, 4) is 11.5 Å². The molecule has 8 heteroatoms. The van der Waals surface area contributed by atoms with Crippen molar-refractivity contribution in [1.29, 1.82) is 0 Å². The summed E-state index contributed by atoms with van der Waals surface area (Å²) in [7, 11) is 1.32. The molecular weight excluding hydrogens is 496 g/mol. The molecule has 4 aromatic rings. The van der Waals surface area contributed by atoms with E-state index in [9.17, 15) is 9.59 Å². The summed E-state index contributed by atoms with van der Waals surface area (Å²) in [5.41, 5.74) is 2.12. The lowest BCUT2D eigenvalue weighted by Gasteiger charge is -2.24. The average Bonchev–Trinajstić information content (AvgIpc) is 3.18. The first-order chi connectivity index (χ1) is 17.4. The lowest BCUT2D eigenvalue weighted by atomic mass is 9.96. The van der Waals surface area contributed by atoms with Crippen LogP contribution < -0.4 is 19.6 Å². The number of aromatic nitrogens is 1. The summed E-state index contributed by atoms with van der Waals surface area (Å²) in [6.45, 7) is 1.75. The molecule has 6 nitrogen and oxygen atoms in total. The third-order valence-corrected chi connectivity index (χ3v) is 6.98. The van der Waals surface area contributed by atoms with Crippen molar-refractivity contribution in [2.24, 2.45) is 4.99 Å². The molecule has 1 aromatic heterocycles. The van der Waals surface area contributed by atoms with Crippen LogP contribution in [0.5, 0.6) is 11.5 Å². The number of nitrogens with zero attached hydrogens (tertiary/aromatic N) is 2. The first-order valence-electron chi connectivity index (χ1n) is 11.1. The van der Waals surface area contributed by atoms with Crippen molar-refractivity contribution < 1.29 is 14.3 Å². The molecule has 0 saturated heterocycles. The van der Waals surface area contributed by atoms with Gasteiger partial charge < -0.3 is 9.47 Å². The summed E-state index contributed by atoms with van der Waals surface area (Å²) in [6.07, 6.45) is 1.80. The molecule has 3 aromatic carbocycles. The Balaban J connectivity index is 1.62. The molecule has 0 bridgehead atoms. The fraction of sp³-hybridized carbons (Fsp3) is 0.107. The molecule has 0 unspecified atom stereocenters. The quantitative estimate of drug-likeness (QED) is 0.355. The number of esters is 1. The molecule has 0 N–H and O–H groups in total. The van der Waals surface area contributed by atoms with Gasteiger partial charge in [-0.05, 0) is 60.5 Å². The first-order valence-corrected chi connectivity index (χ1v) is 12.3. The van der Waals surface area contributed by atoms with Crippen molar-refractivity contribution in [3.63, 3.8) is 0 Å². The zero-order valence-electron chi connectivity index (χ0n) is 19.5. The smallest absolute Gasteiger partial charge is 0.338 e. The third-order valence-electron chi connectivity index (χ3n) is 5.75. The van der Waals surface area contributed by atoms with E-state index in [1.165, 1.54) is 18.4 Å². The van der Waals surface area contributed by atoms with Crippen molar-refractivity contribution in [2.75, 3.05) is 7.11 Å². The fourth-order valence-electron chi connectivity index (χ4n) is 4.10. The van der Waals surface area contributed by atoms with Crippen LogP contribution in [0.1, 0.15) is 24.1 Å². The summed E-state index contributed by atoms with van der Waals surface area (Å²) in [6, 6.07) is 23.4. The van der Waals surface area contributed by atoms with E-state index in [0.717, 1.165) is 16.9 Å². The van der Waals surface area contributed by atoms with Crippen LogP contribution in [0.25, 0.3) is 6.08 Å². The summed E-state index contributed by atoms with van der Waals surface area (Å²) in [5.74, 6) is 0.852. The highest BCUT2D eigenvalue weighted by Gasteiger charge is 2.33. The summed E-state index contributed by atoms with van der Waals surface area (Å²) in [4.78, 5) is 31.5. The van der Waals surface area contributed by atoms with Gasteiger partial charge in [0.1, 0.15) is 11.5 Å². The van der Waals surface area contributed by atoms with E-state index >= 15 is 0 Å². The van der Waals surface area contributed by atoms with Crippen LogP contribution in [0.3, 0.4) is 0 Å². The number of carbonyl (C=O) groups excluding carboxylic acids is 1. The molecule has 1 atom stereocenters. The number of rotatable bonds is 5. The largest absolute Gasteiger partial charge is 0.466 e. The Morgan fingerprint density at radius 1 is 1.03 bits per heavy atom. The Bertz CT molecular complexity index is 1650. The standard InChI is InChI=1S/C28H21ClN2O4S/c1-17-24(27(33)34-2)25(19-11-13-20(29)14-12-19)31-26(32)23(36-28(31)30-17)16-18-7-6-10-22(15-18)35-21-8-4-3-5-9-21/h3-16,25H,1-2H3/b23-16-/t25-/m1/s1. The van der Waals surface area contributed by atoms with E-state index in [1.54, 1.807) is 41.8 Å². The van der Waals surface area contributed by atoms with E-state index < -0.39 is 12.0 Å². The SMILES string of the molecule is COC(=O)C1=C(C)N=c2s/c(=C\c3cccc(Oc4ccccc4)c3)c(=O)n2[C@@H]1c1ccc(Cl)cc1. The summed E-state index contributed by atoms with van der Waals surface area (Å²) >= 11 is 7.36. The number of fused-ring (bicyclic) bond motifs is 1. The molecule has 0 spiro atoms. The van der Waals surface area contributed by atoms with Crippen molar-refractivity contribution >= 4 is 35.0 Å². The normalized spacial score (nSPS) is 15.3. The maximum absolute atomic E-state index is 13.7. The third kappa shape index (κ3) is 4.63. The van der Waals surface area contributed by atoms with Crippen LogP contribution in [0, 0.1) is 0 Å². The minimum atomic E-state index is -0.680. The Hall–Kier alpha value is -3.94. The predicted octanol–water partition coefficient (Wildman–Crippen LogP) is 4.85. The number of benzene rings is 3. The number of para-hydroxylation sites is 1. The molecule has 180 valence electrons. The van der Waals surface area contributed by atoms with Gasteiger partial charge in [0.2, 0.25) is 0 Å². The van der Waals surface area contributed by atoms with Gasteiger partial charge in [0.25, 0.3) is 5.56 Å². The minimum absolute atomic E-state index is 0.248. The highest BCUT2D eigenvalue weighted by atomic mass is 35.5. The first kappa shape index (κ1) is 23.8. The van der Waals surface area contributed by atoms with Crippen LogP contribution in [-0.2, 0) is 9.53 Å². The molecule has 5 rings (SSSR count). The number of ether oxygens (including phenoxy) is 2. The number of halogens is 1. The predicted molar refractivity (Wildman–Crippen MR) is 140 cm³/mol. The zero-order chi connectivity index (χ0) is 25.2. The zero-order valence-corrected chi connectivity index (χ0v) is 21.0. The molecule has 0 saturated carbocycles. The van der Waals surface area contributed by atoms with Gasteiger partial charge in [-0.1, -0.05) is 65.4 Å². The van der Waals surface area contributed by atoms with Gasteiger partial charge in [-0.2, -0.15) is 0 Å². The van der Waals surface area contributed by atoms with Gasteiger partial charge >= 0.3 is 5.97 Å². The number of allylic oxidation sites excluding steroid dienone is 1. The number of thiazole rings is 1. The Morgan fingerprint density at radius 2 is 1.75 bits per heavy atom. The van der Waals surface area contributed by atoms with Gasteiger partial charge in [0.15, 0.2) is 4.80 Å². The van der Waals surface area contributed by atoms with Crippen molar-refractivity contribution in [1.82, 2.24) is 4.57 Å². The Morgan fingerprint density at radius 3 is 2.47 bits per heavy atom. The fourth-order valence-corrected chi connectivity index (χ4v) is 5.27. The number of hydrogen-bond acceptors (Lipinski definition) is 6. The van der Waals surface area contributed by atoms with Gasteiger partial charge in [-0.25, -0.2) is 9.79 Å². The van der Waals surface area contributed by atoms with Crippen LogP contribution in [0.4, 0.5) is 0 Å². The lowest BCUT2D eigenvalue weighted by molar-refractivity contribution is -0.136. The number of carbonyl (C=O) groups is 1. The molecular formula is C28H21ClN2O4S. The second kappa shape index (κ2) is 9.97. The second-order valence-electron chi connectivity index (χ2n) is 8.11. The molecule has 0 amide bonds. The van der Waals surface area contributed by atoms with Crippen LogP contribution in [0.15, 0.2) is 99.9 Å². The van der Waals surface area contributed by atoms with Gasteiger partial charge in [-0.3, -0.25) is 9.36 Å². The van der Waals surface area contributed by atoms with E-state index in [0.29, 0.717) is 31.4 Å². The summed E-state index contributed by atoms with van der Waals surface area (Å²) < 4.78 is 13.0. The molecule has 0 radical (unpaired) electrons. The van der Waals surface area contributed by atoms with Crippen LogP contribution in [-0.4, -0.2) is 17.6 Å². The summed E-state index contributed by atoms with van der Waals surface area (Å²) in [5, 5.41) is 0.559. The highest BCUT2D eigenvalue weighted by molar-refractivity contribution is 7.07. The number of hydrogen-bond donors (Lipinski definition) is 0. The van der Waals surface area contributed by atoms with E-state index in [2.05, 4.69) is 4.99 Å². The monoisotopic (exact) mass is 516 g/mol. The molecule has 0 aliphatic carbocycles. The van der Waals surface area contributed by atoms with Crippen molar-refractivity contribution in [3.05, 3.63) is 126 Å². The lowest BCUT2D eigenvalue weighted by Crippen LogP contribution is -2.39. The molecule has 36 heavy (non-hydrogen) atoms. The maximum atomic E-state index is 13.7. The van der Waals surface area contributed by atoms with E-state index in [1.807, 2.05) is 54.6 Å².